The average molecular weight is 348 g/mol. The van der Waals surface area contributed by atoms with E-state index in [1.54, 1.807) is 26.2 Å². The number of carbonyl (C=O) groups excluding carboxylic acids is 2. The van der Waals surface area contributed by atoms with Gasteiger partial charge in [0.15, 0.2) is 12.7 Å². The molecule has 0 unspecified atom stereocenters. The fourth-order valence-electron chi connectivity index (χ4n) is 1.91. The minimum Gasteiger partial charge on any atom is -0.497 e. The first-order valence-electron chi connectivity index (χ1n) is 7.64. The van der Waals surface area contributed by atoms with Crippen molar-refractivity contribution in [2.75, 3.05) is 13.7 Å². The Morgan fingerprint density at radius 1 is 1.28 bits per heavy atom. The van der Waals surface area contributed by atoms with Gasteiger partial charge in [-0.15, -0.1) is 0 Å². The Kier molecular flexibility index (Phi) is 6.39. The maximum atomic E-state index is 12.0. The molecule has 1 atom stereocenters. The molecular formula is C17H20N2O6. The number of amides is 1. The molecule has 0 radical (unpaired) electrons. The fourth-order valence-corrected chi connectivity index (χ4v) is 1.91. The lowest BCUT2D eigenvalue weighted by Gasteiger charge is -2.13. The molecule has 2 rings (SSSR count). The Morgan fingerprint density at radius 3 is 2.60 bits per heavy atom. The number of aryl methyl sites for hydroxylation is 1. The highest BCUT2D eigenvalue weighted by molar-refractivity contribution is 5.83. The van der Waals surface area contributed by atoms with E-state index < -0.39 is 18.0 Å². The largest absolute Gasteiger partial charge is 0.497 e. The topological polar surface area (TPSA) is 99.9 Å². The van der Waals surface area contributed by atoms with Gasteiger partial charge in [0.2, 0.25) is 0 Å². The molecule has 0 aliphatic rings. The third-order valence-corrected chi connectivity index (χ3v) is 3.25. The van der Waals surface area contributed by atoms with Crippen LogP contribution in [0.2, 0.25) is 0 Å². The Bertz CT molecular complexity index is 710. The number of hydrogen-bond acceptors (Lipinski definition) is 7. The Balaban J connectivity index is 1.72. The zero-order chi connectivity index (χ0) is 18.2. The first-order chi connectivity index (χ1) is 12.0. The van der Waals surface area contributed by atoms with Gasteiger partial charge in [0.05, 0.1) is 7.11 Å². The number of esters is 1. The van der Waals surface area contributed by atoms with Gasteiger partial charge >= 0.3 is 5.97 Å². The van der Waals surface area contributed by atoms with Crippen LogP contribution in [0.5, 0.6) is 11.6 Å². The quantitative estimate of drug-likeness (QED) is 0.724. The van der Waals surface area contributed by atoms with Crippen LogP contribution >= 0.6 is 0 Å². The molecular weight excluding hydrogens is 328 g/mol. The molecule has 134 valence electrons. The summed E-state index contributed by atoms with van der Waals surface area (Å²) in [7, 11) is 1.58. The average Bonchev–Trinajstić information content (AvgIpc) is 3.03. The summed E-state index contributed by atoms with van der Waals surface area (Å²) in [5.74, 6) is 0.412. The van der Waals surface area contributed by atoms with Gasteiger partial charge in [-0.05, 0) is 36.7 Å². The minimum absolute atomic E-state index is 0.186. The van der Waals surface area contributed by atoms with Crippen molar-refractivity contribution in [3.63, 3.8) is 0 Å². The normalized spacial score (nSPS) is 11.5. The summed E-state index contributed by atoms with van der Waals surface area (Å²) >= 11 is 0. The maximum Gasteiger partial charge on any atom is 0.345 e. The molecule has 1 heterocycles. The first kappa shape index (κ1) is 18.3. The van der Waals surface area contributed by atoms with Crippen molar-refractivity contribution >= 4 is 11.9 Å². The van der Waals surface area contributed by atoms with E-state index in [-0.39, 0.29) is 12.5 Å². The number of benzene rings is 1. The number of rotatable bonds is 8. The van der Waals surface area contributed by atoms with Crippen LogP contribution in [-0.4, -0.2) is 36.9 Å². The number of ether oxygens (including phenoxy) is 3. The van der Waals surface area contributed by atoms with Gasteiger partial charge in [-0.2, -0.15) is 0 Å². The smallest absolute Gasteiger partial charge is 0.345 e. The summed E-state index contributed by atoms with van der Waals surface area (Å²) in [6.07, 6.45) is -0.937. The highest BCUT2D eigenvalue weighted by Crippen LogP contribution is 2.11. The van der Waals surface area contributed by atoms with Gasteiger partial charge in [-0.25, -0.2) is 4.79 Å². The van der Waals surface area contributed by atoms with Gasteiger partial charge in [-0.3, -0.25) is 4.79 Å². The zero-order valence-electron chi connectivity index (χ0n) is 14.3. The SMILES string of the molecule is COc1ccc(CNC(=O)[C@H](C)OC(=O)COc2cc(C)on2)cc1. The second kappa shape index (κ2) is 8.72. The lowest BCUT2D eigenvalue weighted by atomic mass is 10.2. The van der Waals surface area contributed by atoms with E-state index in [1.807, 2.05) is 12.1 Å². The first-order valence-corrected chi connectivity index (χ1v) is 7.64. The molecule has 1 aromatic carbocycles. The van der Waals surface area contributed by atoms with Crippen LogP contribution in [0, 0.1) is 6.92 Å². The second-order valence-electron chi connectivity index (χ2n) is 5.26. The lowest BCUT2D eigenvalue weighted by molar-refractivity contribution is -0.156. The standard InChI is InChI=1S/C17H20N2O6/c1-11-8-15(19-25-11)23-10-16(20)24-12(2)17(21)18-9-13-4-6-14(22-3)7-5-13/h4-8,12H,9-10H2,1-3H3,(H,18,21)/t12-/m0/s1. The van der Waals surface area contributed by atoms with Crippen LogP contribution < -0.4 is 14.8 Å². The predicted octanol–water partition coefficient (Wildman–Crippen LogP) is 1.62. The molecule has 0 aliphatic carbocycles. The van der Waals surface area contributed by atoms with Crippen LogP contribution in [0.1, 0.15) is 18.2 Å². The van der Waals surface area contributed by atoms with Crippen molar-refractivity contribution in [1.82, 2.24) is 10.5 Å². The number of hydrogen-bond donors (Lipinski definition) is 1. The van der Waals surface area contributed by atoms with Crippen molar-refractivity contribution in [2.24, 2.45) is 0 Å². The molecule has 0 aliphatic heterocycles. The third kappa shape index (κ3) is 5.83. The molecule has 0 saturated heterocycles. The van der Waals surface area contributed by atoms with Gasteiger partial charge in [-0.1, -0.05) is 12.1 Å². The van der Waals surface area contributed by atoms with Crippen molar-refractivity contribution in [2.45, 2.75) is 26.5 Å². The number of aromatic nitrogens is 1. The summed E-state index contributed by atoms with van der Waals surface area (Å²) < 4.78 is 20.0. The van der Waals surface area contributed by atoms with Crippen molar-refractivity contribution in [3.05, 3.63) is 41.7 Å². The molecule has 8 heteroatoms. The van der Waals surface area contributed by atoms with Crippen LogP contribution in [0.15, 0.2) is 34.9 Å². The molecule has 0 spiro atoms. The minimum atomic E-state index is -0.937. The number of methoxy groups -OCH3 is 1. The third-order valence-electron chi connectivity index (χ3n) is 3.25. The van der Waals surface area contributed by atoms with E-state index in [1.165, 1.54) is 13.0 Å². The lowest BCUT2D eigenvalue weighted by Crippen LogP contribution is -2.36. The fraction of sp³-hybridized carbons (Fsp3) is 0.353. The van der Waals surface area contributed by atoms with E-state index in [0.717, 1.165) is 11.3 Å². The predicted molar refractivity (Wildman–Crippen MR) is 87.1 cm³/mol. The number of nitrogens with zero attached hydrogens (tertiary/aromatic N) is 1. The molecule has 2 aromatic rings. The molecule has 1 amide bonds. The zero-order valence-corrected chi connectivity index (χ0v) is 14.3. The van der Waals surface area contributed by atoms with E-state index >= 15 is 0 Å². The van der Waals surface area contributed by atoms with E-state index in [0.29, 0.717) is 12.3 Å². The summed E-state index contributed by atoms with van der Waals surface area (Å²) in [5, 5.41) is 6.28. The summed E-state index contributed by atoms with van der Waals surface area (Å²) in [5.41, 5.74) is 0.900. The van der Waals surface area contributed by atoms with E-state index in [9.17, 15) is 9.59 Å². The Labute approximate surface area is 145 Å². The number of carbonyl (C=O) groups is 2. The molecule has 0 bridgehead atoms. The van der Waals surface area contributed by atoms with Crippen LogP contribution in [0.3, 0.4) is 0 Å². The van der Waals surface area contributed by atoms with E-state index in [2.05, 4.69) is 10.5 Å². The van der Waals surface area contributed by atoms with Gasteiger partial charge in [0.25, 0.3) is 11.8 Å². The van der Waals surface area contributed by atoms with Gasteiger partial charge in [0, 0.05) is 12.6 Å². The van der Waals surface area contributed by atoms with Crippen molar-refractivity contribution < 1.29 is 28.3 Å². The molecule has 8 nitrogen and oxygen atoms in total. The molecule has 1 aromatic heterocycles. The summed E-state index contributed by atoms with van der Waals surface area (Å²) in [6.45, 7) is 3.15. The van der Waals surface area contributed by atoms with Gasteiger partial charge in [0.1, 0.15) is 11.5 Å². The Morgan fingerprint density at radius 2 is 2.00 bits per heavy atom. The molecule has 25 heavy (non-hydrogen) atoms. The maximum absolute atomic E-state index is 12.0. The van der Waals surface area contributed by atoms with Crippen LogP contribution in [-0.2, 0) is 20.9 Å². The number of nitrogens with one attached hydrogen (secondary N) is 1. The van der Waals surface area contributed by atoms with E-state index in [4.69, 9.17) is 18.7 Å². The summed E-state index contributed by atoms with van der Waals surface area (Å²) in [6, 6.07) is 8.81. The highest BCUT2D eigenvalue weighted by atomic mass is 16.6. The van der Waals surface area contributed by atoms with Crippen LogP contribution in [0.25, 0.3) is 0 Å². The summed E-state index contributed by atoms with van der Waals surface area (Å²) in [4.78, 5) is 23.7. The van der Waals surface area contributed by atoms with Crippen molar-refractivity contribution in [3.8, 4) is 11.6 Å². The molecule has 0 fully saturated rings. The Hall–Kier alpha value is -3.03. The van der Waals surface area contributed by atoms with Gasteiger partial charge < -0.3 is 24.1 Å². The molecule has 0 saturated carbocycles. The van der Waals surface area contributed by atoms with Crippen molar-refractivity contribution in [1.29, 1.82) is 0 Å². The van der Waals surface area contributed by atoms with Crippen LogP contribution in [0.4, 0.5) is 0 Å². The monoisotopic (exact) mass is 348 g/mol. The molecule has 1 N–H and O–H groups in total. The highest BCUT2D eigenvalue weighted by Gasteiger charge is 2.18. The second-order valence-corrected chi connectivity index (χ2v) is 5.26.